The fourth-order valence-corrected chi connectivity index (χ4v) is 3.10. The number of rotatable bonds is 6. The number of ether oxygens (including phenoxy) is 1. The average Bonchev–Trinajstić information content (AvgIpc) is 3.38. The van der Waals surface area contributed by atoms with Crippen LogP contribution in [0.5, 0.6) is 0 Å². The summed E-state index contributed by atoms with van der Waals surface area (Å²) in [6.45, 7) is 3.02. The number of aryl methyl sites for hydroxylation is 1. The molecule has 0 aliphatic heterocycles. The van der Waals surface area contributed by atoms with Crippen LogP contribution in [0.2, 0.25) is 0 Å². The van der Waals surface area contributed by atoms with Crippen LogP contribution in [0.1, 0.15) is 40.3 Å². The van der Waals surface area contributed by atoms with Crippen LogP contribution in [0, 0.1) is 6.92 Å². The van der Waals surface area contributed by atoms with Gasteiger partial charge in [-0.2, -0.15) is 0 Å². The Morgan fingerprint density at radius 2 is 1.96 bits per heavy atom. The van der Waals surface area contributed by atoms with Gasteiger partial charge in [-0.1, -0.05) is 30.3 Å². The van der Waals surface area contributed by atoms with Crippen molar-refractivity contribution >= 4 is 35.9 Å². The third-order valence-electron chi connectivity index (χ3n) is 4.86. The normalized spacial score (nSPS) is 14.9. The summed E-state index contributed by atoms with van der Waals surface area (Å²) in [5.41, 5.74) is 2.03. The number of aliphatic imine (C=N–C) groups is 1. The Labute approximate surface area is 176 Å². The molecule has 1 heterocycles. The van der Waals surface area contributed by atoms with Crippen molar-refractivity contribution in [2.75, 3.05) is 20.7 Å². The van der Waals surface area contributed by atoms with Crippen molar-refractivity contribution in [3.8, 4) is 0 Å². The molecular formula is C20H26IN3O3. The number of halogens is 1. The van der Waals surface area contributed by atoms with Crippen LogP contribution in [-0.4, -0.2) is 32.6 Å². The van der Waals surface area contributed by atoms with Gasteiger partial charge in [-0.25, -0.2) is 4.79 Å². The second-order valence-electron chi connectivity index (χ2n) is 6.60. The van der Waals surface area contributed by atoms with Gasteiger partial charge in [0.25, 0.3) is 0 Å². The molecule has 1 aromatic carbocycles. The van der Waals surface area contributed by atoms with Crippen molar-refractivity contribution in [2.45, 2.75) is 31.7 Å². The highest BCUT2D eigenvalue weighted by atomic mass is 127. The predicted molar refractivity (Wildman–Crippen MR) is 116 cm³/mol. The molecule has 0 radical (unpaired) electrons. The molecule has 6 nitrogen and oxygen atoms in total. The first-order valence-electron chi connectivity index (χ1n) is 8.75. The van der Waals surface area contributed by atoms with E-state index in [0.717, 1.165) is 6.54 Å². The van der Waals surface area contributed by atoms with E-state index in [1.807, 2.05) is 6.07 Å². The largest absolute Gasteiger partial charge is 0.465 e. The number of nitrogens with one attached hydrogen (secondary N) is 2. The van der Waals surface area contributed by atoms with Crippen LogP contribution in [-0.2, 0) is 16.7 Å². The maximum atomic E-state index is 11.7. The molecular weight excluding hydrogens is 457 g/mol. The lowest BCUT2D eigenvalue weighted by molar-refractivity contribution is 0.0599. The van der Waals surface area contributed by atoms with Gasteiger partial charge < -0.3 is 19.8 Å². The van der Waals surface area contributed by atoms with Crippen molar-refractivity contribution in [3.63, 3.8) is 0 Å². The minimum atomic E-state index is -0.390. The van der Waals surface area contributed by atoms with E-state index in [1.165, 1.54) is 25.5 Å². The van der Waals surface area contributed by atoms with E-state index in [2.05, 4.69) is 39.9 Å². The molecule has 1 aliphatic carbocycles. The lowest BCUT2D eigenvalue weighted by Crippen LogP contribution is -2.40. The minimum absolute atomic E-state index is 0. The lowest BCUT2D eigenvalue weighted by Gasteiger charge is -2.18. The topological polar surface area (TPSA) is 75.9 Å². The molecule has 2 N–H and O–H groups in total. The number of esters is 1. The van der Waals surface area contributed by atoms with Crippen LogP contribution in [0.25, 0.3) is 0 Å². The van der Waals surface area contributed by atoms with Crippen LogP contribution in [0.3, 0.4) is 0 Å². The standard InChI is InChI=1S/C20H25N3O3.HI/c1-14-17(18(24)25-3)11-16(26-14)12-22-19(21-2)23-13-20(9-10-20)15-7-5-4-6-8-15;/h4-8,11H,9-10,12-13H2,1-3H3,(H2,21,22,23);1H. The van der Waals surface area contributed by atoms with Crippen LogP contribution >= 0.6 is 24.0 Å². The zero-order valence-electron chi connectivity index (χ0n) is 15.9. The van der Waals surface area contributed by atoms with Gasteiger partial charge in [-0.15, -0.1) is 24.0 Å². The van der Waals surface area contributed by atoms with E-state index in [-0.39, 0.29) is 29.4 Å². The number of hydrogen-bond acceptors (Lipinski definition) is 4. The lowest BCUT2D eigenvalue weighted by atomic mass is 9.96. The second-order valence-corrected chi connectivity index (χ2v) is 6.60. The molecule has 0 spiro atoms. The first-order valence-corrected chi connectivity index (χ1v) is 8.75. The SMILES string of the molecule is CN=C(NCc1cc(C(=O)OC)c(C)o1)NCC1(c2ccccc2)CC1.I. The van der Waals surface area contributed by atoms with E-state index in [9.17, 15) is 4.79 Å². The summed E-state index contributed by atoms with van der Waals surface area (Å²) in [5, 5.41) is 6.63. The molecule has 146 valence electrons. The molecule has 0 unspecified atom stereocenters. The molecule has 0 saturated heterocycles. The number of nitrogens with zero attached hydrogens (tertiary/aromatic N) is 1. The maximum absolute atomic E-state index is 11.7. The summed E-state index contributed by atoms with van der Waals surface area (Å²) < 4.78 is 10.4. The first kappa shape index (κ1) is 21.3. The van der Waals surface area contributed by atoms with Gasteiger partial charge in [0.1, 0.15) is 17.1 Å². The average molecular weight is 483 g/mol. The van der Waals surface area contributed by atoms with Gasteiger partial charge in [-0.3, -0.25) is 4.99 Å². The molecule has 0 bridgehead atoms. The molecule has 1 saturated carbocycles. The molecule has 7 heteroatoms. The summed E-state index contributed by atoms with van der Waals surface area (Å²) in [6, 6.07) is 12.3. The highest BCUT2D eigenvalue weighted by Crippen LogP contribution is 2.47. The highest BCUT2D eigenvalue weighted by Gasteiger charge is 2.43. The molecule has 2 aromatic rings. The van der Waals surface area contributed by atoms with E-state index in [4.69, 9.17) is 9.15 Å². The van der Waals surface area contributed by atoms with Gasteiger partial charge in [0.05, 0.1) is 13.7 Å². The van der Waals surface area contributed by atoms with E-state index in [1.54, 1.807) is 20.0 Å². The Balaban J connectivity index is 0.00000261. The van der Waals surface area contributed by atoms with Gasteiger partial charge in [0, 0.05) is 19.0 Å². The summed E-state index contributed by atoms with van der Waals surface area (Å²) >= 11 is 0. The smallest absolute Gasteiger partial charge is 0.341 e. The fourth-order valence-electron chi connectivity index (χ4n) is 3.10. The zero-order valence-corrected chi connectivity index (χ0v) is 18.2. The first-order chi connectivity index (χ1) is 12.6. The number of hydrogen-bond donors (Lipinski definition) is 2. The molecule has 0 atom stereocenters. The Kier molecular flexibility index (Phi) is 7.29. The van der Waals surface area contributed by atoms with Crippen LogP contribution in [0.15, 0.2) is 45.8 Å². The Bertz CT molecular complexity index is 798. The van der Waals surface area contributed by atoms with Crippen LogP contribution < -0.4 is 10.6 Å². The van der Waals surface area contributed by atoms with Crippen molar-refractivity contribution in [1.29, 1.82) is 0 Å². The maximum Gasteiger partial charge on any atom is 0.341 e. The molecule has 1 aliphatic rings. The minimum Gasteiger partial charge on any atom is -0.465 e. The number of furan rings is 1. The summed E-state index contributed by atoms with van der Waals surface area (Å²) in [6.07, 6.45) is 2.36. The fraction of sp³-hybridized carbons (Fsp3) is 0.400. The zero-order chi connectivity index (χ0) is 18.6. The third-order valence-corrected chi connectivity index (χ3v) is 4.86. The van der Waals surface area contributed by atoms with Gasteiger partial charge in [0.2, 0.25) is 0 Å². The van der Waals surface area contributed by atoms with Crippen molar-refractivity contribution in [2.24, 2.45) is 4.99 Å². The number of guanidine groups is 1. The molecule has 3 rings (SSSR count). The Morgan fingerprint density at radius 1 is 1.26 bits per heavy atom. The van der Waals surface area contributed by atoms with Gasteiger partial charge in [-0.05, 0) is 31.4 Å². The molecule has 27 heavy (non-hydrogen) atoms. The van der Waals surface area contributed by atoms with Crippen molar-refractivity contribution in [1.82, 2.24) is 10.6 Å². The number of carbonyl (C=O) groups is 1. The van der Waals surface area contributed by atoms with Crippen molar-refractivity contribution in [3.05, 3.63) is 59.0 Å². The van der Waals surface area contributed by atoms with E-state index in [0.29, 0.717) is 29.6 Å². The number of methoxy groups -OCH3 is 1. The number of carbonyl (C=O) groups excluding carboxylic acids is 1. The Hall–Kier alpha value is -2.03. The number of benzene rings is 1. The molecule has 1 aromatic heterocycles. The highest BCUT2D eigenvalue weighted by molar-refractivity contribution is 14.0. The predicted octanol–water partition coefficient (Wildman–Crippen LogP) is 3.39. The summed E-state index contributed by atoms with van der Waals surface area (Å²) in [5.74, 6) is 1.53. The second kappa shape index (κ2) is 9.25. The third kappa shape index (κ3) is 5.03. The quantitative estimate of drug-likeness (QED) is 0.285. The van der Waals surface area contributed by atoms with Gasteiger partial charge in [0.15, 0.2) is 5.96 Å². The monoisotopic (exact) mass is 483 g/mol. The molecule has 0 amide bonds. The van der Waals surface area contributed by atoms with Crippen LogP contribution in [0.4, 0.5) is 0 Å². The summed E-state index contributed by atoms with van der Waals surface area (Å²) in [4.78, 5) is 15.9. The Morgan fingerprint density at radius 3 is 2.56 bits per heavy atom. The van der Waals surface area contributed by atoms with Gasteiger partial charge >= 0.3 is 5.97 Å². The van der Waals surface area contributed by atoms with Crippen molar-refractivity contribution < 1.29 is 13.9 Å². The van der Waals surface area contributed by atoms with E-state index < -0.39 is 5.97 Å². The van der Waals surface area contributed by atoms with E-state index >= 15 is 0 Å². The molecule has 1 fully saturated rings. The summed E-state index contributed by atoms with van der Waals surface area (Å²) in [7, 11) is 3.10.